The number of esters is 2. The quantitative estimate of drug-likeness (QED) is 0.117. The highest BCUT2D eigenvalue weighted by atomic mass is 31.1. The summed E-state index contributed by atoms with van der Waals surface area (Å²) in [5.41, 5.74) is 4.75. The molecule has 0 saturated carbocycles. The summed E-state index contributed by atoms with van der Waals surface area (Å²) in [6.07, 6.45) is 6.01. The van der Waals surface area contributed by atoms with Crippen molar-refractivity contribution in [1.82, 2.24) is 0 Å². The van der Waals surface area contributed by atoms with Gasteiger partial charge in [0.05, 0.1) is 13.2 Å². The molecule has 1 saturated heterocycles. The minimum absolute atomic E-state index is 0.145. The van der Waals surface area contributed by atoms with Gasteiger partial charge in [0.15, 0.2) is 0 Å². The second kappa shape index (κ2) is 17.3. The number of hydrogen-bond donors (Lipinski definition) is 0. The van der Waals surface area contributed by atoms with Gasteiger partial charge >= 0.3 is 11.9 Å². The summed E-state index contributed by atoms with van der Waals surface area (Å²) in [7, 11) is -1.08. The molecule has 8 heteroatoms. The van der Waals surface area contributed by atoms with E-state index in [-0.39, 0.29) is 11.9 Å². The monoisotopic (exact) mass is 654 g/mol. The first kappa shape index (κ1) is 33.6. The molecule has 1 aliphatic rings. The standard InChI is InChI=1S/C38H44N2O4P2/c1-3-43-37(41)25-19-31-15-21-33(22-16-31)39-27-45(35-11-7-5-8-12-35)29-40(30-46(28-39)36-13-9-6-10-14-36)34-23-17-32(18-24-34)20-26-38(42)44-4-2/h5-18,21-24H,3-4,19-20,25-30H2,1-2H3. The summed E-state index contributed by atoms with van der Waals surface area (Å²) in [5.74, 6) is -0.290. The molecule has 4 aromatic carbocycles. The number of carbonyl (C=O) groups excluding carboxylic acids is 2. The van der Waals surface area contributed by atoms with E-state index in [9.17, 15) is 9.59 Å². The molecular weight excluding hydrogens is 610 g/mol. The van der Waals surface area contributed by atoms with E-state index in [2.05, 4.69) is 119 Å². The molecule has 0 atom stereocenters. The molecule has 1 aliphatic heterocycles. The van der Waals surface area contributed by atoms with Gasteiger partial charge in [-0.05, 0) is 88.5 Å². The van der Waals surface area contributed by atoms with E-state index in [1.165, 1.54) is 22.0 Å². The maximum Gasteiger partial charge on any atom is 0.306 e. The number of anilines is 2. The van der Waals surface area contributed by atoms with E-state index in [1.807, 2.05) is 13.8 Å². The first-order valence-corrected chi connectivity index (χ1v) is 19.5. The minimum Gasteiger partial charge on any atom is -0.466 e. The summed E-state index contributed by atoms with van der Waals surface area (Å²) < 4.78 is 10.3. The molecule has 1 heterocycles. The number of nitrogens with zero attached hydrogens (tertiary/aromatic N) is 2. The Morgan fingerprint density at radius 1 is 0.543 bits per heavy atom. The van der Waals surface area contributed by atoms with Crippen LogP contribution < -0.4 is 20.4 Å². The fraction of sp³-hybridized carbons (Fsp3) is 0.316. The average molecular weight is 655 g/mol. The average Bonchev–Trinajstić information content (AvgIpc) is 3.08. The molecule has 0 N–H and O–H groups in total. The van der Waals surface area contributed by atoms with Crippen LogP contribution in [0.4, 0.5) is 11.4 Å². The summed E-state index contributed by atoms with van der Waals surface area (Å²) in [4.78, 5) is 29.0. The first-order chi connectivity index (χ1) is 22.5. The van der Waals surface area contributed by atoms with Crippen LogP contribution >= 0.6 is 15.8 Å². The number of hydrogen-bond acceptors (Lipinski definition) is 6. The summed E-state index contributed by atoms with van der Waals surface area (Å²) in [6, 6.07) is 39.5. The van der Waals surface area contributed by atoms with Crippen LogP contribution in [0.25, 0.3) is 0 Å². The molecule has 0 radical (unpaired) electrons. The topological polar surface area (TPSA) is 59.1 Å². The van der Waals surface area contributed by atoms with Crippen molar-refractivity contribution in [2.24, 2.45) is 0 Å². The van der Waals surface area contributed by atoms with Crippen molar-refractivity contribution < 1.29 is 19.1 Å². The van der Waals surface area contributed by atoms with Crippen LogP contribution in [0.5, 0.6) is 0 Å². The van der Waals surface area contributed by atoms with Gasteiger partial charge in [0, 0.05) is 49.4 Å². The molecule has 0 aromatic heterocycles. The Hall–Kier alpha value is -3.72. The van der Waals surface area contributed by atoms with Gasteiger partial charge < -0.3 is 19.3 Å². The number of benzene rings is 4. The molecule has 0 aliphatic carbocycles. The van der Waals surface area contributed by atoms with Gasteiger partial charge in [0.2, 0.25) is 0 Å². The highest BCUT2D eigenvalue weighted by Gasteiger charge is 2.28. The zero-order valence-electron chi connectivity index (χ0n) is 26.9. The third-order valence-electron chi connectivity index (χ3n) is 8.06. The van der Waals surface area contributed by atoms with Crippen molar-refractivity contribution >= 4 is 49.8 Å². The van der Waals surface area contributed by atoms with E-state index in [0.717, 1.165) is 36.3 Å². The molecule has 4 aromatic rings. The third-order valence-corrected chi connectivity index (χ3v) is 12.8. The first-order valence-electron chi connectivity index (χ1n) is 16.1. The Bertz CT molecular complexity index is 1390. The van der Waals surface area contributed by atoms with E-state index in [1.54, 1.807) is 0 Å². The molecule has 0 unspecified atom stereocenters. The van der Waals surface area contributed by atoms with E-state index >= 15 is 0 Å². The van der Waals surface area contributed by atoms with Crippen molar-refractivity contribution in [3.05, 3.63) is 120 Å². The second-order valence-corrected chi connectivity index (χ2v) is 15.7. The predicted molar refractivity (Wildman–Crippen MR) is 193 cm³/mol. The van der Waals surface area contributed by atoms with E-state index < -0.39 is 15.8 Å². The van der Waals surface area contributed by atoms with Crippen molar-refractivity contribution in [1.29, 1.82) is 0 Å². The Balaban J connectivity index is 1.41. The Kier molecular flexibility index (Phi) is 12.6. The zero-order valence-corrected chi connectivity index (χ0v) is 28.7. The minimum atomic E-state index is -0.539. The molecule has 46 heavy (non-hydrogen) atoms. The SMILES string of the molecule is CCOC(=O)CCc1ccc(N2CP(c3ccccc3)CN(c3ccc(CCC(=O)OCC)cc3)CP(c3ccccc3)C2)cc1. The maximum atomic E-state index is 11.9. The van der Waals surface area contributed by atoms with Crippen LogP contribution in [0.3, 0.4) is 0 Å². The second-order valence-electron chi connectivity index (χ2n) is 11.3. The lowest BCUT2D eigenvalue weighted by atomic mass is 10.1. The van der Waals surface area contributed by atoms with Gasteiger partial charge in [-0.1, -0.05) is 84.9 Å². The maximum absolute atomic E-state index is 11.9. The number of ether oxygens (including phenoxy) is 2. The molecule has 0 amide bonds. The molecule has 0 bridgehead atoms. The number of aryl methyl sites for hydroxylation is 2. The lowest BCUT2D eigenvalue weighted by molar-refractivity contribution is -0.144. The van der Waals surface area contributed by atoms with Crippen molar-refractivity contribution in [2.45, 2.75) is 39.5 Å². The molecule has 5 rings (SSSR count). The lowest BCUT2D eigenvalue weighted by Crippen LogP contribution is -2.38. The van der Waals surface area contributed by atoms with E-state index in [4.69, 9.17) is 9.47 Å². The van der Waals surface area contributed by atoms with Gasteiger partial charge in [-0.3, -0.25) is 9.59 Å². The normalized spacial score (nSPS) is 16.7. The fourth-order valence-electron chi connectivity index (χ4n) is 5.64. The van der Waals surface area contributed by atoms with Crippen molar-refractivity contribution in [3.63, 3.8) is 0 Å². The van der Waals surface area contributed by atoms with Gasteiger partial charge in [-0.15, -0.1) is 0 Å². The highest BCUT2D eigenvalue weighted by Crippen LogP contribution is 2.47. The van der Waals surface area contributed by atoms with Gasteiger partial charge in [-0.2, -0.15) is 0 Å². The van der Waals surface area contributed by atoms with Crippen LogP contribution in [-0.2, 0) is 31.9 Å². The van der Waals surface area contributed by atoms with Crippen molar-refractivity contribution in [2.75, 3.05) is 48.2 Å². The Morgan fingerprint density at radius 3 is 1.22 bits per heavy atom. The Morgan fingerprint density at radius 2 is 0.891 bits per heavy atom. The van der Waals surface area contributed by atoms with Crippen LogP contribution in [0.1, 0.15) is 37.8 Å². The predicted octanol–water partition coefficient (Wildman–Crippen LogP) is 7.45. The van der Waals surface area contributed by atoms with Gasteiger partial charge in [-0.25, -0.2) is 0 Å². The van der Waals surface area contributed by atoms with Crippen LogP contribution in [0, 0.1) is 0 Å². The van der Waals surface area contributed by atoms with Crippen molar-refractivity contribution in [3.8, 4) is 0 Å². The largest absolute Gasteiger partial charge is 0.466 e. The highest BCUT2D eigenvalue weighted by molar-refractivity contribution is 7.67. The van der Waals surface area contributed by atoms with Crippen LogP contribution in [0.2, 0.25) is 0 Å². The van der Waals surface area contributed by atoms with E-state index in [0.29, 0.717) is 38.9 Å². The molecular formula is C38H44N2O4P2. The van der Waals surface area contributed by atoms with Gasteiger partial charge in [0.1, 0.15) is 0 Å². The molecule has 0 spiro atoms. The third kappa shape index (κ3) is 9.64. The Labute approximate surface area is 276 Å². The number of carbonyl (C=O) groups is 2. The molecule has 1 fully saturated rings. The number of rotatable bonds is 12. The fourth-order valence-corrected chi connectivity index (χ4v) is 10.7. The smallest absolute Gasteiger partial charge is 0.306 e. The lowest BCUT2D eigenvalue weighted by Gasteiger charge is -2.41. The summed E-state index contributed by atoms with van der Waals surface area (Å²) in [6.45, 7) is 4.52. The molecule has 240 valence electrons. The zero-order chi connectivity index (χ0) is 32.1. The summed E-state index contributed by atoms with van der Waals surface area (Å²) >= 11 is 0. The van der Waals surface area contributed by atoms with Gasteiger partial charge in [0.25, 0.3) is 0 Å². The van der Waals surface area contributed by atoms with Crippen LogP contribution in [-0.4, -0.2) is 50.3 Å². The van der Waals surface area contributed by atoms with Crippen LogP contribution in [0.15, 0.2) is 109 Å². The summed E-state index contributed by atoms with van der Waals surface area (Å²) in [5, 5.41) is 2.80. The molecule has 6 nitrogen and oxygen atoms in total.